The Morgan fingerprint density at radius 2 is 2.28 bits per heavy atom. The van der Waals surface area contributed by atoms with E-state index in [4.69, 9.17) is 0 Å². The SMILES string of the molecule is CCn1ccnc1[C@@H]1CCCN(C(=O)c2n[nH]c3c2CN(C)CC3)C1. The number of aromatic nitrogens is 4. The lowest BCUT2D eigenvalue weighted by Gasteiger charge is -2.32. The number of likely N-dealkylation sites (tertiary alicyclic amines) is 1. The molecule has 2 aromatic rings. The number of carbonyl (C=O) groups excluding carboxylic acids is 1. The summed E-state index contributed by atoms with van der Waals surface area (Å²) >= 11 is 0. The Morgan fingerprint density at radius 3 is 3.12 bits per heavy atom. The van der Waals surface area contributed by atoms with E-state index in [2.05, 4.69) is 38.6 Å². The molecule has 0 spiro atoms. The zero-order valence-corrected chi connectivity index (χ0v) is 15.0. The van der Waals surface area contributed by atoms with Gasteiger partial charge in [0.25, 0.3) is 5.91 Å². The monoisotopic (exact) mass is 342 g/mol. The molecule has 0 aromatic carbocycles. The smallest absolute Gasteiger partial charge is 0.274 e. The normalized spacial score (nSPS) is 21.4. The van der Waals surface area contributed by atoms with E-state index in [1.165, 1.54) is 0 Å². The van der Waals surface area contributed by atoms with E-state index in [0.717, 1.165) is 69.1 Å². The van der Waals surface area contributed by atoms with E-state index in [1.54, 1.807) is 0 Å². The van der Waals surface area contributed by atoms with Gasteiger partial charge < -0.3 is 14.4 Å². The zero-order chi connectivity index (χ0) is 17.4. The van der Waals surface area contributed by atoms with Gasteiger partial charge in [0.05, 0.1) is 0 Å². The fraction of sp³-hybridized carbons (Fsp3) is 0.611. The molecule has 7 nitrogen and oxygen atoms in total. The molecule has 7 heteroatoms. The molecule has 25 heavy (non-hydrogen) atoms. The number of carbonyl (C=O) groups is 1. The van der Waals surface area contributed by atoms with E-state index in [0.29, 0.717) is 11.6 Å². The van der Waals surface area contributed by atoms with Crippen molar-refractivity contribution in [1.82, 2.24) is 29.5 Å². The van der Waals surface area contributed by atoms with Gasteiger partial charge in [0.15, 0.2) is 5.69 Å². The first-order valence-electron chi connectivity index (χ1n) is 9.22. The maximum absolute atomic E-state index is 13.1. The highest BCUT2D eigenvalue weighted by atomic mass is 16.2. The number of rotatable bonds is 3. The van der Waals surface area contributed by atoms with Crippen molar-refractivity contribution in [2.75, 3.05) is 26.7 Å². The minimum absolute atomic E-state index is 0.0621. The third-order valence-electron chi connectivity index (χ3n) is 5.49. The van der Waals surface area contributed by atoms with Gasteiger partial charge in [-0.2, -0.15) is 5.10 Å². The van der Waals surface area contributed by atoms with E-state index in [-0.39, 0.29) is 5.91 Å². The van der Waals surface area contributed by atoms with Gasteiger partial charge >= 0.3 is 0 Å². The Morgan fingerprint density at radius 1 is 1.40 bits per heavy atom. The average molecular weight is 342 g/mol. The minimum atomic E-state index is 0.0621. The third-order valence-corrected chi connectivity index (χ3v) is 5.49. The Labute approximate surface area is 148 Å². The van der Waals surface area contributed by atoms with Gasteiger partial charge in [-0.25, -0.2) is 4.98 Å². The van der Waals surface area contributed by atoms with Crippen molar-refractivity contribution in [3.8, 4) is 0 Å². The standard InChI is InChI=1S/C18H26N6O/c1-3-23-10-7-19-17(23)13-5-4-8-24(11-13)18(25)16-14-12-22(2)9-6-15(14)20-21-16/h7,10,13H,3-6,8-9,11-12H2,1-2H3,(H,20,21)/t13-/m1/s1. The number of likely N-dealkylation sites (N-methyl/N-ethyl adjacent to an activating group) is 1. The number of hydrogen-bond acceptors (Lipinski definition) is 4. The first-order valence-corrected chi connectivity index (χ1v) is 9.22. The molecule has 2 aliphatic rings. The van der Waals surface area contributed by atoms with Crippen LogP contribution in [-0.4, -0.2) is 62.1 Å². The quantitative estimate of drug-likeness (QED) is 0.920. The van der Waals surface area contributed by atoms with Crippen LogP contribution in [0.4, 0.5) is 0 Å². The van der Waals surface area contributed by atoms with Gasteiger partial charge in [-0.15, -0.1) is 0 Å². The predicted octanol–water partition coefficient (Wildman–Crippen LogP) is 1.63. The highest BCUT2D eigenvalue weighted by Gasteiger charge is 2.31. The second kappa shape index (κ2) is 6.63. The summed E-state index contributed by atoms with van der Waals surface area (Å²) in [6.45, 7) is 6.38. The van der Waals surface area contributed by atoms with Crippen molar-refractivity contribution in [3.05, 3.63) is 35.2 Å². The van der Waals surface area contributed by atoms with Gasteiger partial charge in [0.1, 0.15) is 5.82 Å². The largest absolute Gasteiger partial charge is 0.337 e. The lowest BCUT2D eigenvalue weighted by atomic mass is 9.96. The van der Waals surface area contributed by atoms with Crippen molar-refractivity contribution in [3.63, 3.8) is 0 Å². The molecule has 4 rings (SSSR count). The van der Waals surface area contributed by atoms with Crippen LogP contribution in [0.2, 0.25) is 0 Å². The number of H-pyrrole nitrogens is 1. The number of nitrogens with zero attached hydrogens (tertiary/aromatic N) is 5. The van der Waals surface area contributed by atoms with Crippen LogP contribution in [0.1, 0.15) is 53.3 Å². The summed E-state index contributed by atoms with van der Waals surface area (Å²) in [7, 11) is 2.09. The number of aryl methyl sites for hydroxylation is 1. The Kier molecular flexibility index (Phi) is 4.33. The lowest BCUT2D eigenvalue weighted by Crippen LogP contribution is -2.40. The van der Waals surface area contributed by atoms with Crippen LogP contribution in [0.25, 0.3) is 0 Å². The second-order valence-electron chi connectivity index (χ2n) is 7.18. The highest BCUT2D eigenvalue weighted by molar-refractivity contribution is 5.94. The molecule has 4 heterocycles. The van der Waals surface area contributed by atoms with Gasteiger partial charge in [-0.1, -0.05) is 0 Å². The number of nitrogens with one attached hydrogen (secondary N) is 1. The van der Waals surface area contributed by atoms with Crippen molar-refractivity contribution in [2.45, 2.75) is 45.2 Å². The van der Waals surface area contributed by atoms with Crippen LogP contribution < -0.4 is 0 Å². The molecule has 134 valence electrons. The number of hydrogen-bond donors (Lipinski definition) is 1. The summed E-state index contributed by atoms with van der Waals surface area (Å²) in [5.74, 6) is 1.47. The molecule has 0 aliphatic carbocycles. The van der Waals surface area contributed by atoms with Crippen molar-refractivity contribution < 1.29 is 4.79 Å². The molecular formula is C18H26N6O. The van der Waals surface area contributed by atoms with E-state index < -0.39 is 0 Å². The number of aromatic amines is 1. The summed E-state index contributed by atoms with van der Waals surface area (Å²) < 4.78 is 2.18. The van der Waals surface area contributed by atoms with Gasteiger partial charge in [-0.05, 0) is 26.8 Å². The van der Waals surface area contributed by atoms with Crippen LogP contribution in [-0.2, 0) is 19.5 Å². The summed E-state index contributed by atoms with van der Waals surface area (Å²) in [4.78, 5) is 21.9. The van der Waals surface area contributed by atoms with Gasteiger partial charge in [0, 0.05) is 68.7 Å². The molecule has 1 saturated heterocycles. The fourth-order valence-electron chi connectivity index (χ4n) is 4.08. The van der Waals surface area contributed by atoms with Crippen LogP contribution in [0.3, 0.4) is 0 Å². The molecule has 0 unspecified atom stereocenters. The van der Waals surface area contributed by atoms with Gasteiger partial charge in [0.2, 0.25) is 0 Å². The number of amides is 1. The first-order chi connectivity index (χ1) is 12.2. The third kappa shape index (κ3) is 2.97. The molecule has 1 atom stereocenters. The summed E-state index contributed by atoms with van der Waals surface area (Å²) in [6, 6.07) is 0. The zero-order valence-electron chi connectivity index (χ0n) is 15.0. The molecule has 0 bridgehead atoms. The maximum Gasteiger partial charge on any atom is 0.274 e. The molecule has 0 radical (unpaired) electrons. The summed E-state index contributed by atoms with van der Waals surface area (Å²) in [6.07, 6.45) is 6.92. The Hall–Kier alpha value is -2.15. The Bertz CT molecular complexity index is 763. The van der Waals surface area contributed by atoms with Crippen LogP contribution >= 0.6 is 0 Å². The minimum Gasteiger partial charge on any atom is -0.337 e. The lowest BCUT2D eigenvalue weighted by molar-refractivity contribution is 0.0695. The predicted molar refractivity (Wildman–Crippen MR) is 94.4 cm³/mol. The number of imidazole rings is 1. The van der Waals surface area contributed by atoms with E-state index in [1.807, 2.05) is 17.3 Å². The Balaban J connectivity index is 1.54. The van der Waals surface area contributed by atoms with Crippen molar-refractivity contribution >= 4 is 5.91 Å². The van der Waals surface area contributed by atoms with Crippen LogP contribution in [0.5, 0.6) is 0 Å². The molecule has 1 N–H and O–H groups in total. The molecule has 1 fully saturated rings. The summed E-state index contributed by atoms with van der Waals surface area (Å²) in [5.41, 5.74) is 2.81. The van der Waals surface area contributed by atoms with Crippen molar-refractivity contribution in [2.24, 2.45) is 0 Å². The molecule has 2 aliphatic heterocycles. The second-order valence-corrected chi connectivity index (χ2v) is 7.18. The van der Waals surface area contributed by atoms with Crippen LogP contribution in [0, 0.1) is 0 Å². The molecule has 0 saturated carbocycles. The van der Waals surface area contributed by atoms with E-state index in [9.17, 15) is 4.79 Å². The van der Waals surface area contributed by atoms with E-state index >= 15 is 0 Å². The van der Waals surface area contributed by atoms with Crippen molar-refractivity contribution in [1.29, 1.82) is 0 Å². The fourth-order valence-corrected chi connectivity index (χ4v) is 4.08. The van der Waals surface area contributed by atoms with Gasteiger partial charge in [-0.3, -0.25) is 9.89 Å². The average Bonchev–Trinajstić information content (AvgIpc) is 3.27. The first kappa shape index (κ1) is 16.3. The van der Waals surface area contributed by atoms with Crippen LogP contribution in [0.15, 0.2) is 12.4 Å². The topological polar surface area (TPSA) is 70.0 Å². The maximum atomic E-state index is 13.1. The highest BCUT2D eigenvalue weighted by Crippen LogP contribution is 2.28. The molecular weight excluding hydrogens is 316 g/mol. The molecule has 2 aromatic heterocycles. The number of piperidine rings is 1. The molecule has 1 amide bonds. The number of fused-ring (bicyclic) bond motifs is 1. The summed E-state index contributed by atoms with van der Waals surface area (Å²) in [5, 5.41) is 7.45.